The van der Waals surface area contributed by atoms with Gasteiger partial charge in [-0.15, -0.1) is 0 Å². The summed E-state index contributed by atoms with van der Waals surface area (Å²) in [7, 11) is 0. The summed E-state index contributed by atoms with van der Waals surface area (Å²) in [5, 5.41) is 11.9. The van der Waals surface area contributed by atoms with E-state index >= 15 is 0 Å². The molecule has 0 saturated carbocycles. The smallest absolute Gasteiger partial charge is 0.350 e. The third-order valence-corrected chi connectivity index (χ3v) is 7.08. The minimum atomic E-state index is -0.991. The molecular formula is C26H23ClN2O5S. The molecule has 2 heterocycles. The molecule has 1 unspecified atom stereocenters. The van der Waals surface area contributed by atoms with Crippen LogP contribution in [0.4, 0.5) is 5.13 Å². The Morgan fingerprint density at radius 2 is 1.91 bits per heavy atom. The molecular weight excluding hydrogens is 488 g/mol. The quantitative estimate of drug-likeness (QED) is 0.210. The molecule has 0 radical (unpaired) electrons. The maximum absolute atomic E-state index is 13.3. The summed E-state index contributed by atoms with van der Waals surface area (Å²) in [5.74, 6) is -2.54. The fraction of sp³-hybridized carbons (Fsp3) is 0.231. The average molecular weight is 511 g/mol. The highest BCUT2D eigenvalue weighted by Crippen LogP contribution is 2.44. The Kier molecular flexibility index (Phi) is 6.78. The van der Waals surface area contributed by atoms with Crippen molar-refractivity contribution >= 4 is 51.5 Å². The second kappa shape index (κ2) is 9.64. The lowest BCUT2D eigenvalue weighted by Gasteiger charge is -2.23. The van der Waals surface area contributed by atoms with Crippen molar-refractivity contribution in [3.63, 3.8) is 0 Å². The SMILES string of the molecule is CCOC(=O)c1sc(N2C(=O)C(=O)C(=C(O)c3cc(C)ccc3C)C2c2cccc(Cl)c2)nc1C. The number of nitrogens with zero attached hydrogens (tertiary/aromatic N) is 2. The fourth-order valence-electron chi connectivity index (χ4n) is 4.03. The van der Waals surface area contributed by atoms with Crippen LogP contribution in [0.15, 0.2) is 48.0 Å². The first-order chi connectivity index (χ1) is 16.6. The number of amides is 1. The number of thiazole rings is 1. The van der Waals surface area contributed by atoms with Gasteiger partial charge in [-0.3, -0.25) is 14.5 Å². The van der Waals surface area contributed by atoms with Crippen LogP contribution in [0, 0.1) is 20.8 Å². The van der Waals surface area contributed by atoms with Crippen LogP contribution in [0.1, 0.15) is 50.6 Å². The number of hydrogen-bond acceptors (Lipinski definition) is 7. The Hall–Kier alpha value is -3.49. The zero-order chi connectivity index (χ0) is 25.4. The number of esters is 1. The van der Waals surface area contributed by atoms with E-state index in [0.717, 1.165) is 22.5 Å². The summed E-state index contributed by atoms with van der Waals surface area (Å²) >= 11 is 7.20. The molecule has 1 N–H and O–H groups in total. The van der Waals surface area contributed by atoms with Crippen LogP contribution < -0.4 is 4.90 Å². The minimum Gasteiger partial charge on any atom is -0.507 e. The van der Waals surface area contributed by atoms with Gasteiger partial charge in [-0.05, 0) is 57.0 Å². The second-order valence-corrected chi connectivity index (χ2v) is 9.59. The molecule has 0 bridgehead atoms. The number of aliphatic hydroxyl groups excluding tert-OH is 1. The van der Waals surface area contributed by atoms with Gasteiger partial charge >= 0.3 is 11.9 Å². The molecule has 2 aromatic carbocycles. The Labute approximate surface area is 211 Å². The largest absolute Gasteiger partial charge is 0.507 e. The summed E-state index contributed by atoms with van der Waals surface area (Å²) in [6.07, 6.45) is 0. The number of rotatable bonds is 5. The number of carbonyl (C=O) groups excluding carboxylic acids is 3. The molecule has 1 atom stereocenters. The fourth-order valence-corrected chi connectivity index (χ4v) is 5.22. The summed E-state index contributed by atoms with van der Waals surface area (Å²) in [6.45, 7) is 7.20. The third-order valence-electron chi connectivity index (χ3n) is 5.71. The van der Waals surface area contributed by atoms with Gasteiger partial charge in [0.05, 0.1) is 23.9 Å². The average Bonchev–Trinajstić information content (AvgIpc) is 3.32. The van der Waals surface area contributed by atoms with Crippen molar-refractivity contribution in [1.29, 1.82) is 0 Å². The van der Waals surface area contributed by atoms with Gasteiger partial charge in [-0.25, -0.2) is 9.78 Å². The summed E-state index contributed by atoms with van der Waals surface area (Å²) in [6, 6.07) is 11.2. The summed E-state index contributed by atoms with van der Waals surface area (Å²) in [4.78, 5) is 44.9. The Morgan fingerprint density at radius 3 is 2.60 bits per heavy atom. The predicted molar refractivity (Wildman–Crippen MR) is 135 cm³/mol. The van der Waals surface area contributed by atoms with Gasteiger partial charge in [0.25, 0.3) is 5.78 Å². The zero-order valence-electron chi connectivity index (χ0n) is 19.6. The molecule has 1 saturated heterocycles. The summed E-state index contributed by atoms with van der Waals surface area (Å²) < 4.78 is 5.10. The Morgan fingerprint density at radius 1 is 1.17 bits per heavy atom. The van der Waals surface area contributed by atoms with E-state index < -0.39 is 23.7 Å². The van der Waals surface area contributed by atoms with E-state index in [0.29, 0.717) is 21.8 Å². The normalized spacial score (nSPS) is 17.2. The van der Waals surface area contributed by atoms with Crippen molar-refractivity contribution in [2.45, 2.75) is 33.7 Å². The number of anilines is 1. The Balaban J connectivity index is 1.95. The number of ketones is 1. The van der Waals surface area contributed by atoms with Gasteiger partial charge in [-0.1, -0.05) is 52.8 Å². The molecule has 7 nitrogen and oxygen atoms in total. The molecule has 1 aliphatic heterocycles. The topological polar surface area (TPSA) is 96.8 Å². The molecule has 0 spiro atoms. The Bertz CT molecular complexity index is 1390. The van der Waals surface area contributed by atoms with E-state index in [1.807, 2.05) is 26.0 Å². The molecule has 1 aliphatic rings. The standard InChI is InChI=1S/C26H23ClN2O5S/c1-5-34-25(33)23-15(4)28-26(35-23)29-20(16-7-6-8-17(27)12-16)19(22(31)24(29)32)21(30)18-11-13(2)9-10-14(18)3/h6-12,20,30H,5H2,1-4H3. The van der Waals surface area contributed by atoms with E-state index in [-0.39, 0.29) is 27.9 Å². The number of aliphatic hydroxyl groups is 1. The van der Waals surface area contributed by atoms with Gasteiger partial charge in [0, 0.05) is 10.6 Å². The zero-order valence-corrected chi connectivity index (χ0v) is 21.2. The van der Waals surface area contributed by atoms with E-state index in [1.54, 1.807) is 44.2 Å². The van der Waals surface area contributed by atoms with Gasteiger partial charge < -0.3 is 9.84 Å². The molecule has 1 fully saturated rings. The number of Topliss-reactive ketones (excluding diaryl/α,β-unsaturated/α-hetero) is 1. The highest BCUT2D eigenvalue weighted by Gasteiger charge is 2.48. The summed E-state index contributed by atoms with van der Waals surface area (Å²) in [5.41, 5.74) is 2.92. The molecule has 35 heavy (non-hydrogen) atoms. The number of carbonyl (C=O) groups is 3. The first-order valence-corrected chi connectivity index (χ1v) is 12.1. The van der Waals surface area contributed by atoms with Crippen LogP contribution in [0.25, 0.3) is 5.76 Å². The van der Waals surface area contributed by atoms with Crippen LogP contribution in [0.5, 0.6) is 0 Å². The van der Waals surface area contributed by atoms with Crippen molar-refractivity contribution in [2.24, 2.45) is 0 Å². The second-order valence-electron chi connectivity index (χ2n) is 8.17. The first kappa shape index (κ1) is 24.6. The highest BCUT2D eigenvalue weighted by atomic mass is 35.5. The van der Waals surface area contributed by atoms with Crippen molar-refractivity contribution < 1.29 is 24.2 Å². The van der Waals surface area contributed by atoms with Gasteiger partial charge in [0.2, 0.25) is 0 Å². The molecule has 1 amide bonds. The molecule has 4 rings (SSSR count). The molecule has 1 aromatic heterocycles. The number of aromatic nitrogens is 1. The van der Waals surface area contributed by atoms with Crippen molar-refractivity contribution in [1.82, 2.24) is 4.98 Å². The van der Waals surface area contributed by atoms with E-state index in [2.05, 4.69) is 4.98 Å². The van der Waals surface area contributed by atoms with Crippen molar-refractivity contribution in [2.75, 3.05) is 11.5 Å². The van der Waals surface area contributed by atoms with Crippen molar-refractivity contribution in [3.8, 4) is 0 Å². The number of hydrogen-bond donors (Lipinski definition) is 1. The first-order valence-electron chi connectivity index (χ1n) is 10.9. The van der Waals surface area contributed by atoms with E-state index in [1.165, 1.54) is 4.90 Å². The number of ether oxygens (including phenoxy) is 1. The monoisotopic (exact) mass is 510 g/mol. The van der Waals surface area contributed by atoms with Gasteiger partial charge in [0.15, 0.2) is 5.13 Å². The predicted octanol–water partition coefficient (Wildman–Crippen LogP) is 5.52. The molecule has 180 valence electrons. The van der Waals surface area contributed by atoms with Gasteiger partial charge in [-0.2, -0.15) is 0 Å². The maximum atomic E-state index is 13.3. The maximum Gasteiger partial charge on any atom is 0.350 e. The van der Waals surface area contributed by atoms with E-state index in [4.69, 9.17) is 16.3 Å². The van der Waals surface area contributed by atoms with Crippen LogP contribution in [-0.2, 0) is 14.3 Å². The minimum absolute atomic E-state index is 0.0727. The molecule has 9 heteroatoms. The lowest BCUT2D eigenvalue weighted by Crippen LogP contribution is -2.29. The molecule has 0 aliphatic carbocycles. The van der Waals surface area contributed by atoms with Crippen molar-refractivity contribution in [3.05, 3.63) is 85.9 Å². The van der Waals surface area contributed by atoms with Crippen LogP contribution >= 0.6 is 22.9 Å². The lowest BCUT2D eigenvalue weighted by molar-refractivity contribution is -0.132. The number of halogens is 1. The van der Waals surface area contributed by atoms with Crippen LogP contribution in [0.2, 0.25) is 5.02 Å². The van der Waals surface area contributed by atoms with Crippen LogP contribution in [0.3, 0.4) is 0 Å². The van der Waals surface area contributed by atoms with Crippen LogP contribution in [-0.4, -0.2) is 34.4 Å². The third kappa shape index (κ3) is 4.47. The number of benzene rings is 2. The molecule has 3 aromatic rings. The lowest BCUT2D eigenvalue weighted by atomic mass is 9.93. The highest BCUT2D eigenvalue weighted by molar-refractivity contribution is 7.17. The van der Waals surface area contributed by atoms with Gasteiger partial charge in [0.1, 0.15) is 10.6 Å². The number of aryl methyl sites for hydroxylation is 3. The van der Waals surface area contributed by atoms with E-state index in [9.17, 15) is 19.5 Å².